The first-order chi connectivity index (χ1) is 7.88. The molecule has 74 valence electrons. The molecule has 16 heavy (non-hydrogen) atoms. The first-order valence-electron chi connectivity index (χ1n) is 4.81. The average molecular weight is 204 g/mol. The fourth-order valence-electron chi connectivity index (χ4n) is 1.25. The number of hydrogen-bond acceptors (Lipinski definition) is 2. The fourth-order valence-corrected chi connectivity index (χ4v) is 1.25. The van der Waals surface area contributed by atoms with Crippen molar-refractivity contribution in [2.45, 2.75) is 0 Å². The van der Waals surface area contributed by atoms with Crippen molar-refractivity contribution in [3.63, 3.8) is 0 Å². The second kappa shape index (κ2) is 4.77. The average Bonchev–Trinajstić information content (AvgIpc) is 2.38. The van der Waals surface area contributed by atoms with Gasteiger partial charge in [-0.1, -0.05) is 17.9 Å². The summed E-state index contributed by atoms with van der Waals surface area (Å²) < 4.78 is 0. The van der Waals surface area contributed by atoms with Crippen molar-refractivity contribution in [3.05, 3.63) is 65.5 Å². The van der Waals surface area contributed by atoms with Crippen LogP contribution in [0.2, 0.25) is 0 Å². The van der Waals surface area contributed by atoms with Gasteiger partial charge in [-0.25, -0.2) is 0 Å². The minimum atomic E-state index is 0.626. The van der Waals surface area contributed by atoms with Crippen LogP contribution < -0.4 is 0 Å². The zero-order valence-corrected chi connectivity index (χ0v) is 8.51. The van der Waals surface area contributed by atoms with E-state index in [1.54, 1.807) is 24.5 Å². The molecule has 1 aromatic carbocycles. The van der Waals surface area contributed by atoms with Crippen LogP contribution in [0.3, 0.4) is 0 Å². The van der Waals surface area contributed by atoms with Crippen LogP contribution in [0.1, 0.15) is 16.7 Å². The molecule has 2 aromatic rings. The molecule has 0 spiro atoms. The van der Waals surface area contributed by atoms with E-state index in [0.29, 0.717) is 5.56 Å². The van der Waals surface area contributed by atoms with Gasteiger partial charge >= 0.3 is 0 Å². The summed E-state index contributed by atoms with van der Waals surface area (Å²) in [4.78, 5) is 3.92. The van der Waals surface area contributed by atoms with E-state index in [1.807, 2.05) is 24.3 Å². The number of nitrogens with zero attached hydrogens (tertiary/aromatic N) is 2. The molecule has 1 heterocycles. The molecule has 0 radical (unpaired) electrons. The molecule has 2 rings (SSSR count). The van der Waals surface area contributed by atoms with E-state index in [-0.39, 0.29) is 0 Å². The predicted molar refractivity (Wildman–Crippen MR) is 61.4 cm³/mol. The minimum absolute atomic E-state index is 0.626. The van der Waals surface area contributed by atoms with Gasteiger partial charge in [0, 0.05) is 23.5 Å². The molecule has 0 amide bonds. The van der Waals surface area contributed by atoms with Crippen molar-refractivity contribution >= 4 is 0 Å². The molecular formula is C14H8N2. The lowest BCUT2D eigenvalue weighted by atomic mass is 10.1. The molecule has 2 nitrogen and oxygen atoms in total. The van der Waals surface area contributed by atoms with Gasteiger partial charge in [0.05, 0.1) is 11.6 Å². The van der Waals surface area contributed by atoms with Crippen LogP contribution in [-0.2, 0) is 0 Å². The maximum absolute atomic E-state index is 8.74. The summed E-state index contributed by atoms with van der Waals surface area (Å²) in [5.74, 6) is 6.02. The van der Waals surface area contributed by atoms with Crippen molar-refractivity contribution in [2.24, 2.45) is 0 Å². The summed E-state index contributed by atoms with van der Waals surface area (Å²) in [5.41, 5.74) is 2.38. The second-order valence-corrected chi connectivity index (χ2v) is 3.18. The molecule has 0 unspecified atom stereocenters. The first-order valence-corrected chi connectivity index (χ1v) is 4.81. The predicted octanol–water partition coefficient (Wildman–Crippen LogP) is 2.35. The Morgan fingerprint density at radius 1 is 0.875 bits per heavy atom. The summed E-state index contributed by atoms with van der Waals surface area (Å²) in [6.07, 6.45) is 3.41. The Balaban J connectivity index is 2.28. The highest BCUT2D eigenvalue weighted by Gasteiger charge is 1.90. The Kier molecular flexibility index (Phi) is 2.97. The van der Waals surface area contributed by atoms with E-state index in [0.717, 1.165) is 11.1 Å². The van der Waals surface area contributed by atoms with Crippen molar-refractivity contribution in [3.8, 4) is 17.9 Å². The standard InChI is InChI=1S/C14H8N2/c15-11-14-3-1-2-13(10-14)5-4-12-6-8-16-9-7-12/h1-3,6-10H. The summed E-state index contributed by atoms with van der Waals surface area (Å²) in [6, 6.07) is 13.0. The Labute approximate surface area is 94.2 Å². The summed E-state index contributed by atoms with van der Waals surface area (Å²) in [6.45, 7) is 0. The van der Waals surface area contributed by atoms with Gasteiger partial charge in [0.15, 0.2) is 0 Å². The van der Waals surface area contributed by atoms with Gasteiger partial charge in [0.2, 0.25) is 0 Å². The number of rotatable bonds is 0. The highest BCUT2D eigenvalue weighted by atomic mass is 14.6. The van der Waals surface area contributed by atoms with Crippen LogP contribution in [0.15, 0.2) is 48.8 Å². The largest absolute Gasteiger partial charge is 0.265 e. The number of hydrogen-bond donors (Lipinski definition) is 0. The topological polar surface area (TPSA) is 36.7 Å². The van der Waals surface area contributed by atoms with Gasteiger partial charge < -0.3 is 0 Å². The van der Waals surface area contributed by atoms with Crippen LogP contribution in [-0.4, -0.2) is 4.98 Å². The molecule has 1 aromatic heterocycles. The van der Waals surface area contributed by atoms with Gasteiger partial charge in [-0.15, -0.1) is 0 Å². The van der Waals surface area contributed by atoms with E-state index in [9.17, 15) is 0 Å². The Morgan fingerprint density at radius 3 is 2.31 bits per heavy atom. The summed E-state index contributed by atoms with van der Waals surface area (Å²) >= 11 is 0. The molecular weight excluding hydrogens is 196 g/mol. The van der Waals surface area contributed by atoms with Crippen molar-refractivity contribution in [1.29, 1.82) is 5.26 Å². The molecule has 0 saturated carbocycles. The lowest BCUT2D eigenvalue weighted by Crippen LogP contribution is -1.78. The third-order valence-electron chi connectivity index (χ3n) is 2.02. The Morgan fingerprint density at radius 2 is 1.56 bits per heavy atom. The van der Waals surface area contributed by atoms with Gasteiger partial charge in [-0.05, 0) is 30.3 Å². The SMILES string of the molecule is N#Cc1cccc(C#Cc2ccncc2)c1. The van der Waals surface area contributed by atoms with Gasteiger partial charge in [-0.2, -0.15) is 5.26 Å². The molecule has 0 aliphatic rings. The van der Waals surface area contributed by atoms with E-state index in [1.165, 1.54) is 0 Å². The van der Waals surface area contributed by atoms with Crippen LogP contribution in [0, 0.1) is 23.2 Å². The number of nitriles is 1. The van der Waals surface area contributed by atoms with Crippen LogP contribution in [0.5, 0.6) is 0 Å². The van der Waals surface area contributed by atoms with Crippen molar-refractivity contribution in [1.82, 2.24) is 4.98 Å². The summed E-state index contributed by atoms with van der Waals surface area (Å²) in [5, 5.41) is 8.74. The van der Waals surface area contributed by atoms with E-state index in [4.69, 9.17) is 5.26 Å². The first kappa shape index (κ1) is 9.96. The maximum Gasteiger partial charge on any atom is 0.0992 e. The van der Waals surface area contributed by atoms with Crippen molar-refractivity contribution < 1.29 is 0 Å². The molecule has 2 heteroatoms. The van der Waals surface area contributed by atoms with E-state index >= 15 is 0 Å². The molecule has 0 saturated heterocycles. The van der Waals surface area contributed by atoms with Crippen LogP contribution >= 0.6 is 0 Å². The van der Waals surface area contributed by atoms with E-state index < -0.39 is 0 Å². The second-order valence-electron chi connectivity index (χ2n) is 3.18. The molecule has 0 aliphatic heterocycles. The highest BCUT2D eigenvalue weighted by Crippen LogP contribution is 2.02. The third-order valence-corrected chi connectivity index (χ3v) is 2.02. The molecule has 0 fully saturated rings. The van der Waals surface area contributed by atoms with Gasteiger partial charge in [0.25, 0.3) is 0 Å². The molecule has 0 bridgehead atoms. The minimum Gasteiger partial charge on any atom is -0.265 e. The van der Waals surface area contributed by atoms with Crippen LogP contribution in [0.4, 0.5) is 0 Å². The normalized spacial score (nSPS) is 8.69. The Hall–Kier alpha value is -2.58. The molecule has 0 atom stereocenters. The number of benzene rings is 1. The van der Waals surface area contributed by atoms with Gasteiger partial charge in [-0.3, -0.25) is 4.98 Å². The Bertz CT molecular complexity index is 583. The van der Waals surface area contributed by atoms with E-state index in [2.05, 4.69) is 22.9 Å². The molecule has 0 N–H and O–H groups in total. The van der Waals surface area contributed by atoms with Crippen LogP contribution in [0.25, 0.3) is 0 Å². The zero-order chi connectivity index (χ0) is 11.2. The number of aromatic nitrogens is 1. The monoisotopic (exact) mass is 204 g/mol. The lowest BCUT2D eigenvalue weighted by molar-refractivity contribution is 1.32. The third kappa shape index (κ3) is 2.47. The molecule has 0 aliphatic carbocycles. The quantitative estimate of drug-likeness (QED) is 0.617. The number of pyridine rings is 1. The highest BCUT2D eigenvalue weighted by molar-refractivity contribution is 5.45. The fraction of sp³-hybridized carbons (Fsp3) is 0. The van der Waals surface area contributed by atoms with Gasteiger partial charge in [0.1, 0.15) is 0 Å². The smallest absolute Gasteiger partial charge is 0.0992 e. The zero-order valence-electron chi connectivity index (χ0n) is 8.51. The lowest BCUT2D eigenvalue weighted by Gasteiger charge is -1.90. The summed E-state index contributed by atoms with van der Waals surface area (Å²) in [7, 11) is 0. The van der Waals surface area contributed by atoms with Crippen molar-refractivity contribution in [2.75, 3.05) is 0 Å². The maximum atomic E-state index is 8.74.